The van der Waals surface area contributed by atoms with E-state index in [4.69, 9.17) is 4.74 Å². The van der Waals surface area contributed by atoms with Crippen LogP contribution in [0, 0.1) is 11.8 Å². The van der Waals surface area contributed by atoms with E-state index in [0.717, 1.165) is 18.4 Å². The maximum atomic E-state index is 11.1. The highest BCUT2D eigenvalue weighted by molar-refractivity contribution is 5.66. The van der Waals surface area contributed by atoms with Crippen molar-refractivity contribution in [3.05, 3.63) is 35.9 Å². The van der Waals surface area contributed by atoms with Gasteiger partial charge in [0, 0.05) is 18.9 Å². The molecule has 1 aromatic rings. The van der Waals surface area contributed by atoms with E-state index in [0.29, 0.717) is 0 Å². The molecule has 0 fully saturated rings. The van der Waals surface area contributed by atoms with Crippen molar-refractivity contribution in [2.45, 2.75) is 52.1 Å². The van der Waals surface area contributed by atoms with E-state index in [2.05, 4.69) is 18.8 Å². The highest BCUT2D eigenvalue weighted by atomic mass is 16.5. The zero-order chi connectivity index (χ0) is 13.9. The number of hydrogen-bond donors (Lipinski definition) is 0. The highest BCUT2D eigenvalue weighted by Gasteiger charge is 2.10. The van der Waals surface area contributed by atoms with Crippen molar-refractivity contribution in [1.29, 1.82) is 0 Å². The van der Waals surface area contributed by atoms with Crippen LogP contribution in [0.4, 0.5) is 0 Å². The van der Waals surface area contributed by atoms with Crippen LogP contribution in [0.5, 0.6) is 0 Å². The van der Waals surface area contributed by atoms with Gasteiger partial charge in [0.1, 0.15) is 0 Å². The van der Waals surface area contributed by atoms with Gasteiger partial charge in [-0.05, 0) is 6.42 Å². The maximum absolute atomic E-state index is 11.1. The average Bonchev–Trinajstić information content (AvgIpc) is 2.42. The standard InChI is InChI=1S/C17H22O2/c1-3-4-5-6-7-11-14-17(19-15(2)18)16-12-9-8-10-13-16/h8-10,12-13,17H,3-7H2,1-2H3. The van der Waals surface area contributed by atoms with Crippen LogP contribution in [0.25, 0.3) is 0 Å². The zero-order valence-electron chi connectivity index (χ0n) is 11.8. The summed E-state index contributed by atoms with van der Waals surface area (Å²) >= 11 is 0. The van der Waals surface area contributed by atoms with E-state index in [1.165, 1.54) is 26.2 Å². The molecule has 1 unspecified atom stereocenters. The van der Waals surface area contributed by atoms with Crippen molar-refractivity contribution in [2.75, 3.05) is 0 Å². The number of benzene rings is 1. The lowest BCUT2D eigenvalue weighted by Crippen LogP contribution is -2.06. The van der Waals surface area contributed by atoms with E-state index in [9.17, 15) is 4.79 Å². The number of ether oxygens (including phenoxy) is 1. The summed E-state index contributed by atoms with van der Waals surface area (Å²) in [6, 6.07) is 9.65. The van der Waals surface area contributed by atoms with Crippen molar-refractivity contribution >= 4 is 5.97 Å². The Kier molecular flexibility index (Phi) is 7.43. The lowest BCUT2D eigenvalue weighted by molar-refractivity contribution is -0.144. The summed E-state index contributed by atoms with van der Waals surface area (Å²) in [6.07, 6.45) is 5.24. The van der Waals surface area contributed by atoms with Crippen LogP contribution < -0.4 is 0 Å². The molecule has 0 radical (unpaired) electrons. The van der Waals surface area contributed by atoms with Gasteiger partial charge < -0.3 is 4.74 Å². The number of rotatable bonds is 6. The van der Waals surface area contributed by atoms with E-state index in [1.54, 1.807) is 0 Å². The summed E-state index contributed by atoms with van der Waals surface area (Å²) in [7, 11) is 0. The Hall–Kier alpha value is -1.75. The third-order valence-electron chi connectivity index (χ3n) is 2.77. The van der Waals surface area contributed by atoms with Gasteiger partial charge in [0.15, 0.2) is 6.10 Å². The molecule has 0 aromatic heterocycles. The van der Waals surface area contributed by atoms with Gasteiger partial charge in [-0.2, -0.15) is 0 Å². The summed E-state index contributed by atoms with van der Waals surface area (Å²) < 4.78 is 5.25. The average molecular weight is 258 g/mol. The molecule has 0 spiro atoms. The quantitative estimate of drug-likeness (QED) is 0.433. The van der Waals surface area contributed by atoms with E-state index >= 15 is 0 Å². The van der Waals surface area contributed by atoms with E-state index in [-0.39, 0.29) is 5.97 Å². The first-order chi connectivity index (χ1) is 9.24. The largest absolute Gasteiger partial charge is 0.444 e. The molecule has 0 amide bonds. The smallest absolute Gasteiger partial charge is 0.304 e. The normalized spacial score (nSPS) is 11.3. The van der Waals surface area contributed by atoms with E-state index in [1.807, 2.05) is 30.3 Å². The van der Waals surface area contributed by atoms with Gasteiger partial charge in [-0.3, -0.25) is 4.79 Å². The molecule has 1 aromatic carbocycles. The number of esters is 1. The Morgan fingerprint density at radius 3 is 2.58 bits per heavy atom. The number of unbranched alkanes of at least 4 members (excludes halogenated alkanes) is 4. The van der Waals surface area contributed by atoms with Crippen molar-refractivity contribution < 1.29 is 9.53 Å². The molecule has 0 aliphatic carbocycles. The van der Waals surface area contributed by atoms with Crippen LogP contribution in [-0.4, -0.2) is 5.97 Å². The molecule has 0 aliphatic rings. The summed E-state index contributed by atoms with van der Waals surface area (Å²) in [5, 5.41) is 0. The third-order valence-corrected chi connectivity index (χ3v) is 2.77. The molecule has 0 heterocycles. The third kappa shape index (κ3) is 6.67. The summed E-state index contributed by atoms with van der Waals surface area (Å²) in [6.45, 7) is 3.61. The van der Waals surface area contributed by atoms with Gasteiger partial charge in [0.05, 0.1) is 0 Å². The van der Waals surface area contributed by atoms with Crippen molar-refractivity contribution in [3.8, 4) is 11.8 Å². The first-order valence-corrected chi connectivity index (χ1v) is 6.94. The predicted molar refractivity (Wildman–Crippen MR) is 77.5 cm³/mol. The minimum absolute atomic E-state index is 0.297. The van der Waals surface area contributed by atoms with Crippen LogP contribution in [0.2, 0.25) is 0 Å². The molecule has 1 atom stereocenters. The fourth-order valence-corrected chi connectivity index (χ4v) is 1.78. The second-order valence-electron chi connectivity index (χ2n) is 4.53. The van der Waals surface area contributed by atoms with Crippen LogP contribution in [0.3, 0.4) is 0 Å². The molecule has 0 N–H and O–H groups in total. The summed E-state index contributed by atoms with van der Waals surface area (Å²) in [4.78, 5) is 11.1. The molecule has 0 saturated heterocycles. The van der Waals surface area contributed by atoms with Crippen LogP contribution in [-0.2, 0) is 9.53 Å². The molecule has 102 valence electrons. The predicted octanol–water partition coefficient (Wildman–Crippen LogP) is 4.26. The Labute approximate surface area is 116 Å². The summed E-state index contributed by atoms with van der Waals surface area (Å²) in [5.41, 5.74) is 0.929. The minimum Gasteiger partial charge on any atom is -0.444 e. The van der Waals surface area contributed by atoms with Gasteiger partial charge in [-0.1, -0.05) is 68.4 Å². The summed E-state index contributed by atoms with van der Waals surface area (Å²) in [5.74, 6) is 5.88. The highest BCUT2D eigenvalue weighted by Crippen LogP contribution is 2.16. The Bertz CT molecular complexity index is 426. The first-order valence-electron chi connectivity index (χ1n) is 6.94. The molecule has 0 bridgehead atoms. The maximum Gasteiger partial charge on any atom is 0.304 e. The Morgan fingerprint density at radius 1 is 1.21 bits per heavy atom. The number of carbonyl (C=O) groups excluding carboxylic acids is 1. The molecular formula is C17H22O2. The van der Waals surface area contributed by atoms with E-state index < -0.39 is 6.10 Å². The van der Waals surface area contributed by atoms with Crippen LogP contribution >= 0.6 is 0 Å². The van der Waals surface area contributed by atoms with Gasteiger partial charge in [-0.15, -0.1) is 0 Å². The molecule has 19 heavy (non-hydrogen) atoms. The van der Waals surface area contributed by atoms with Gasteiger partial charge >= 0.3 is 5.97 Å². The zero-order valence-corrected chi connectivity index (χ0v) is 11.8. The molecule has 2 heteroatoms. The Morgan fingerprint density at radius 2 is 1.95 bits per heavy atom. The molecule has 0 saturated carbocycles. The lowest BCUT2D eigenvalue weighted by Gasteiger charge is -2.10. The SMILES string of the molecule is CCCCCCC#CC(OC(C)=O)c1ccccc1. The van der Waals surface area contributed by atoms with Crippen molar-refractivity contribution in [1.82, 2.24) is 0 Å². The first kappa shape index (κ1) is 15.3. The topological polar surface area (TPSA) is 26.3 Å². The van der Waals surface area contributed by atoms with Crippen molar-refractivity contribution in [2.24, 2.45) is 0 Å². The van der Waals surface area contributed by atoms with Crippen molar-refractivity contribution in [3.63, 3.8) is 0 Å². The fourth-order valence-electron chi connectivity index (χ4n) is 1.78. The monoisotopic (exact) mass is 258 g/mol. The fraction of sp³-hybridized carbons (Fsp3) is 0.471. The van der Waals surface area contributed by atoms with Gasteiger partial charge in [0.25, 0.3) is 0 Å². The van der Waals surface area contributed by atoms with Crippen LogP contribution in [0.15, 0.2) is 30.3 Å². The molecule has 2 nitrogen and oxygen atoms in total. The van der Waals surface area contributed by atoms with Gasteiger partial charge in [-0.25, -0.2) is 0 Å². The minimum atomic E-state index is -0.440. The van der Waals surface area contributed by atoms with Crippen LogP contribution in [0.1, 0.15) is 57.6 Å². The molecular weight excluding hydrogens is 236 g/mol. The molecule has 1 rings (SSSR count). The second kappa shape index (κ2) is 9.22. The Balaban J connectivity index is 2.56. The second-order valence-corrected chi connectivity index (χ2v) is 4.53. The molecule has 0 aliphatic heterocycles. The number of carbonyl (C=O) groups is 1. The van der Waals surface area contributed by atoms with Gasteiger partial charge in [0.2, 0.25) is 0 Å². The lowest BCUT2D eigenvalue weighted by atomic mass is 10.1. The number of hydrogen-bond acceptors (Lipinski definition) is 2.